The Morgan fingerprint density at radius 1 is 1.23 bits per heavy atom. The third-order valence-electron chi connectivity index (χ3n) is 5.58. The van der Waals surface area contributed by atoms with E-state index in [0.29, 0.717) is 30.8 Å². The topological polar surface area (TPSA) is 80.2 Å². The minimum absolute atomic E-state index is 0.0516. The van der Waals surface area contributed by atoms with Gasteiger partial charge in [-0.2, -0.15) is 9.37 Å². The molecule has 0 bridgehead atoms. The Bertz CT molecular complexity index is 1160. The summed E-state index contributed by atoms with van der Waals surface area (Å²) in [7, 11) is 0. The first kappa shape index (κ1) is 25.3. The molecular weight excluding hydrogens is 510 g/mol. The van der Waals surface area contributed by atoms with Crippen molar-refractivity contribution in [2.75, 3.05) is 19.6 Å². The van der Waals surface area contributed by atoms with Crippen LogP contribution in [-0.4, -0.2) is 51.5 Å². The van der Waals surface area contributed by atoms with Crippen LogP contribution in [0.5, 0.6) is 5.88 Å². The lowest BCUT2D eigenvalue weighted by Crippen LogP contribution is -2.44. The summed E-state index contributed by atoms with van der Waals surface area (Å²) in [6.07, 6.45) is -1.66. The molecule has 35 heavy (non-hydrogen) atoms. The molecule has 4 rings (SSSR count). The summed E-state index contributed by atoms with van der Waals surface area (Å²) < 4.78 is 60.3. The zero-order chi connectivity index (χ0) is 24.9. The molecule has 1 aliphatic rings. The van der Waals surface area contributed by atoms with Crippen molar-refractivity contribution in [3.63, 3.8) is 0 Å². The summed E-state index contributed by atoms with van der Waals surface area (Å²) in [4.78, 5) is 25.7. The second-order valence-electron chi connectivity index (χ2n) is 7.74. The Balaban J connectivity index is 1.47. The van der Waals surface area contributed by atoms with Crippen molar-refractivity contribution in [3.8, 4) is 5.88 Å². The molecule has 7 nitrogen and oxygen atoms in total. The van der Waals surface area contributed by atoms with Gasteiger partial charge in [-0.05, 0) is 25.0 Å². The molecule has 1 aliphatic heterocycles. The maximum atomic E-state index is 14.2. The average Bonchev–Trinajstić information content (AvgIpc) is 3.30. The highest BCUT2D eigenvalue weighted by molar-refractivity contribution is 7.09. The number of amides is 1. The lowest BCUT2D eigenvalue weighted by molar-refractivity contribution is 0.0675. The molecule has 3 aromatic rings. The minimum Gasteiger partial charge on any atom is -0.474 e. The molecular formula is C22H20ClF4N5O2S. The molecule has 186 valence electrons. The Kier molecular flexibility index (Phi) is 8.14. The van der Waals surface area contributed by atoms with Crippen molar-refractivity contribution in [2.24, 2.45) is 0 Å². The van der Waals surface area contributed by atoms with E-state index in [2.05, 4.69) is 20.3 Å². The molecule has 0 spiro atoms. The first-order chi connectivity index (χ1) is 16.8. The van der Waals surface area contributed by atoms with E-state index in [9.17, 15) is 22.4 Å². The number of aromatic nitrogens is 3. The Morgan fingerprint density at radius 3 is 2.69 bits per heavy atom. The van der Waals surface area contributed by atoms with Crippen molar-refractivity contribution in [3.05, 3.63) is 69.0 Å². The molecule has 3 heterocycles. The Hall–Kier alpha value is -2.83. The van der Waals surface area contributed by atoms with Crippen LogP contribution in [0.3, 0.4) is 0 Å². The fraction of sp³-hybridized carbons (Fsp3) is 0.364. The van der Waals surface area contributed by atoms with Gasteiger partial charge in [0.05, 0.1) is 27.0 Å². The van der Waals surface area contributed by atoms with Crippen molar-refractivity contribution in [1.82, 2.24) is 25.2 Å². The number of halogens is 5. The van der Waals surface area contributed by atoms with Gasteiger partial charge in [-0.25, -0.2) is 23.1 Å². The molecule has 0 saturated carbocycles. The molecule has 1 saturated heterocycles. The maximum absolute atomic E-state index is 14.2. The highest BCUT2D eigenvalue weighted by atomic mass is 35.5. The number of alkyl halides is 2. The van der Waals surface area contributed by atoms with Crippen molar-refractivity contribution < 1.29 is 27.1 Å². The number of benzene rings is 1. The summed E-state index contributed by atoms with van der Waals surface area (Å²) >= 11 is 7.05. The van der Waals surface area contributed by atoms with E-state index in [0.717, 1.165) is 17.4 Å². The monoisotopic (exact) mass is 529 g/mol. The zero-order valence-corrected chi connectivity index (χ0v) is 19.7. The van der Waals surface area contributed by atoms with Crippen molar-refractivity contribution in [1.29, 1.82) is 0 Å². The summed E-state index contributed by atoms with van der Waals surface area (Å²) in [5.41, 5.74) is 0.669. The standard InChI is InChI=1S/C22H20ClF4N5O2S/c23-13-2-1-3-14(24)17(13)21(33)29-10-15(19-18(20(25)26)30-11-35-19)32-8-5-12(6-9-32)34-16-4-7-28-22(27)31-16/h1-4,7,11-12,15,20H,5-6,8-10H2,(H,29,33). The molecule has 13 heteroatoms. The molecule has 0 aliphatic carbocycles. The highest BCUT2D eigenvalue weighted by Gasteiger charge is 2.32. The van der Waals surface area contributed by atoms with Gasteiger partial charge < -0.3 is 10.1 Å². The smallest absolute Gasteiger partial charge is 0.311 e. The molecule has 1 aromatic carbocycles. The number of hydrogen-bond acceptors (Lipinski definition) is 7. The maximum Gasteiger partial charge on any atom is 0.311 e. The van der Waals surface area contributed by atoms with Crippen LogP contribution in [0.2, 0.25) is 5.02 Å². The van der Waals surface area contributed by atoms with E-state index in [-0.39, 0.29) is 34.8 Å². The van der Waals surface area contributed by atoms with Gasteiger partial charge in [-0.3, -0.25) is 9.69 Å². The van der Waals surface area contributed by atoms with Crippen LogP contribution in [0.4, 0.5) is 17.6 Å². The van der Waals surface area contributed by atoms with Gasteiger partial charge in [0.1, 0.15) is 17.6 Å². The van der Waals surface area contributed by atoms with Gasteiger partial charge >= 0.3 is 6.08 Å². The number of carbonyl (C=O) groups is 1. The first-order valence-electron chi connectivity index (χ1n) is 10.7. The van der Waals surface area contributed by atoms with E-state index in [1.807, 2.05) is 4.90 Å². The lowest BCUT2D eigenvalue weighted by atomic mass is 10.0. The van der Waals surface area contributed by atoms with Crippen LogP contribution in [0.1, 0.15) is 46.2 Å². The number of ether oxygens (including phenoxy) is 1. The predicted molar refractivity (Wildman–Crippen MR) is 121 cm³/mol. The summed E-state index contributed by atoms with van der Waals surface area (Å²) in [6, 6.07) is 4.71. The van der Waals surface area contributed by atoms with Gasteiger partial charge in [0, 0.05) is 31.9 Å². The number of likely N-dealkylation sites (tertiary alicyclic amines) is 1. The van der Waals surface area contributed by atoms with Crippen LogP contribution < -0.4 is 10.1 Å². The van der Waals surface area contributed by atoms with E-state index < -0.39 is 30.3 Å². The minimum atomic E-state index is -2.79. The van der Waals surface area contributed by atoms with Crippen LogP contribution in [0.25, 0.3) is 0 Å². The average molecular weight is 530 g/mol. The SMILES string of the molecule is O=C(NCC(c1scnc1C(F)F)N1CCC(Oc2ccnc(F)n2)CC1)c1c(F)cccc1Cl. The molecule has 1 fully saturated rings. The summed E-state index contributed by atoms with van der Waals surface area (Å²) in [5, 5.41) is 2.58. The molecule has 0 radical (unpaired) electrons. The van der Waals surface area contributed by atoms with Crippen LogP contribution in [0, 0.1) is 11.9 Å². The quantitative estimate of drug-likeness (QED) is 0.333. The second-order valence-corrected chi connectivity index (χ2v) is 9.04. The predicted octanol–water partition coefficient (Wildman–Crippen LogP) is 4.82. The summed E-state index contributed by atoms with van der Waals surface area (Å²) in [5.74, 6) is -1.41. The van der Waals surface area contributed by atoms with Crippen LogP contribution in [0.15, 0.2) is 36.0 Å². The van der Waals surface area contributed by atoms with Gasteiger partial charge in [0.25, 0.3) is 12.3 Å². The van der Waals surface area contributed by atoms with E-state index in [1.165, 1.54) is 29.9 Å². The lowest BCUT2D eigenvalue weighted by Gasteiger charge is -2.37. The van der Waals surface area contributed by atoms with Crippen LogP contribution >= 0.6 is 22.9 Å². The highest BCUT2D eigenvalue weighted by Crippen LogP contribution is 2.34. The Morgan fingerprint density at radius 2 is 2.00 bits per heavy atom. The largest absolute Gasteiger partial charge is 0.474 e. The molecule has 1 unspecified atom stereocenters. The van der Waals surface area contributed by atoms with Gasteiger partial charge in [-0.15, -0.1) is 11.3 Å². The van der Waals surface area contributed by atoms with Gasteiger partial charge in [0.15, 0.2) is 0 Å². The van der Waals surface area contributed by atoms with Crippen LogP contribution in [-0.2, 0) is 0 Å². The Labute approximate surface area is 207 Å². The molecule has 2 aromatic heterocycles. The van der Waals surface area contributed by atoms with E-state index >= 15 is 0 Å². The number of nitrogens with zero attached hydrogens (tertiary/aromatic N) is 4. The number of rotatable bonds is 8. The first-order valence-corrected chi connectivity index (χ1v) is 11.9. The van der Waals surface area contributed by atoms with E-state index in [1.54, 1.807) is 0 Å². The molecule has 1 atom stereocenters. The zero-order valence-electron chi connectivity index (χ0n) is 18.1. The molecule has 1 N–H and O–H groups in total. The number of nitrogens with one attached hydrogen (secondary N) is 1. The van der Waals surface area contributed by atoms with Crippen molar-refractivity contribution in [2.45, 2.75) is 31.4 Å². The van der Waals surface area contributed by atoms with E-state index in [4.69, 9.17) is 16.3 Å². The third kappa shape index (κ3) is 6.06. The van der Waals surface area contributed by atoms with Crippen molar-refractivity contribution >= 4 is 28.8 Å². The normalized spacial score (nSPS) is 15.8. The second kappa shape index (κ2) is 11.3. The fourth-order valence-corrected chi connectivity index (χ4v) is 5.10. The number of thiazole rings is 1. The number of piperidine rings is 1. The third-order valence-corrected chi connectivity index (χ3v) is 6.85. The summed E-state index contributed by atoms with van der Waals surface area (Å²) in [6.45, 7) is 0.827. The number of hydrogen-bond donors (Lipinski definition) is 1. The van der Waals surface area contributed by atoms with Gasteiger partial charge in [0.2, 0.25) is 5.88 Å². The van der Waals surface area contributed by atoms with Gasteiger partial charge in [-0.1, -0.05) is 17.7 Å². The molecule has 1 amide bonds. The fourth-order valence-electron chi connectivity index (χ4n) is 3.92. The number of carbonyl (C=O) groups excluding carboxylic acids is 1.